The third-order valence-electron chi connectivity index (χ3n) is 4.34. The number of hydrogen-bond donors (Lipinski definition) is 2. The second-order valence-electron chi connectivity index (χ2n) is 6.78. The summed E-state index contributed by atoms with van der Waals surface area (Å²) in [7, 11) is 5.58. The Bertz CT molecular complexity index is 969. The Hall–Kier alpha value is -3.61. The lowest BCUT2D eigenvalue weighted by Gasteiger charge is -2.13. The van der Waals surface area contributed by atoms with Crippen LogP contribution in [0.4, 0.5) is 17.2 Å². The average molecular weight is 391 g/mol. The Kier molecular flexibility index (Phi) is 6.29. The van der Waals surface area contributed by atoms with E-state index in [0.29, 0.717) is 29.6 Å². The monoisotopic (exact) mass is 391 g/mol. The molecular weight excluding hydrogens is 366 g/mol. The Balaban J connectivity index is 1.67. The lowest BCUT2D eigenvalue weighted by atomic mass is 10.2. The van der Waals surface area contributed by atoms with Crippen molar-refractivity contribution in [2.45, 2.75) is 13.5 Å². The minimum absolute atomic E-state index is 0.277. The summed E-state index contributed by atoms with van der Waals surface area (Å²) >= 11 is 0. The van der Waals surface area contributed by atoms with Gasteiger partial charge in [0.2, 0.25) is 0 Å². The maximum atomic E-state index is 12.6. The van der Waals surface area contributed by atoms with Gasteiger partial charge in [-0.25, -0.2) is 9.97 Å². The molecule has 0 aliphatic carbocycles. The molecule has 1 amide bonds. The highest BCUT2D eigenvalue weighted by Crippen LogP contribution is 2.17. The predicted octanol–water partition coefficient (Wildman–Crippen LogP) is 3.72. The second kappa shape index (κ2) is 9.05. The van der Waals surface area contributed by atoms with Crippen LogP contribution in [0.1, 0.15) is 21.9 Å². The van der Waals surface area contributed by atoms with Crippen LogP contribution in [0, 0.1) is 6.92 Å². The molecule has 0 radical (unpaired) electrons. The van der Waals surface area contributed by atoms with E-state index in [2.05, 4.69) is 20.6 Å². The summed E-state index contributed by atoms with van der Waals surface area (Å²) in [5, 5.41) is 6.12. The van der Waals surface area contributed by atoms with Crippen molar-refractivity contribution in [2.75, 3.05) is 36.7 Å². The first-order valence-electron chi connectivity index (χ1n) is 9.26. The molecule has 0 aliphatic heterocycles. The normalized spacial score (nSPS) is 10.3. The molecule has 0 bridgehead atoms. The molecule has 0 spiro atoms. The van der Waals surface area contributed by atoms with Crippen LogP contribution in [0.3, 0.4) is 0 Å². The molecule has 7 nitrogen and oxygen atoms in total. The van der Waals surface area contributed by atoms with E-state index in [1.165, 1.54) is 0 Å². The van der Waals surface area contributed by atoms with Crippen molar-refractivity contribution in [2.24, 2.45) is 0 Å². The summed E-state index contributed by atoms with van der Waals surface area (Å²) in [5.74, 6) is 1.66. The van der Waals surface area contributed by atoms with Crippen molar-refractivity contribution < 1.29 is 9.53 Å². The number of aromatic nitrogens is 2. The van der Waals surface area contributed by atoms with Crippen LogP contribution >= 0.6 is 0 Å². The first kappa shape index (κ1) is 20.1. The molecule has 0 unspecified atom stereocenters. The summed E-state index contributed by atoms with van der Waals surface area (Å²) < 4.78 is 5.17. The van der Waals surface area contributed by atoms with Crippen molar-refractivity contribution in [1.82, 2.24) is 9.97 Å². The molecule has 1 heterocycles. The highest BCUT2D eigenvalue weighted by atomic mass is 16.5. The molecule has 3 rings (SSSR count). The van der Waals surface area contributed by atoms with Gasteiger partial charge in [-0.3, -0.25) is 4.79 Å². The highest BCUT2D eigenvalue weighted by molar-refractivity contribution is 6.03. The maximum absolute atomic E-state index is 12.6. The van der Waals surface area contributed by atoms with E-state index in [0.717, 1.165) is 17.0 Å². The van der Waals surface area contributed by atoms with Crippen LogP contribution in [-0.4, -0.2) is 37.1 Å². The Morgan fingerprint density at radius 3 is 2.34 bits per heavy atom. The molecule has 0 aliphatic rings. The number of nitrogens with zero attached hydrogens (tertiary/aromatic N) is 3. The van der Waals surface area contributed by atoms with Crippen molar-refractivity contribution in [3.8, 4) is 5.75 Å². The SMILES string of the molecule is COc1ccc(CNc2cc(C(=O)Nc3ccc(N(C)C)cc3)nc(C)n2)cc1. The minimum Gasteiger partial charge on any atom is -0.497 e. The third kappa shape index (κ3) is 5.44. The first-order valence-corrected chi connectivity index (χ1v) is 9.26. The van der Waals surface area contributed by atoms with Gasteiger partial charge in [0, 0.05) is 38.1 Å². The first-order chi connectivity index (χ1) is 13.9. The van der Waals surface area contributed by atoms with E-state index in [1.54, 1.807) is 20.1 Å². The number of nitrogens with one attached hydrogen (secondary N) is 2. The fraction of sp³-hybridized carbons (Fsp3) is 0.227. The van der Waals surface area contributed by atoms with Crippen LogP contribution in [-0.2, 0) is 6.54 Å². The van der Waals surface area contributed by atoms with Gasteiger partial charge in [0.25, 0.3) is 5.91 Å². The number of carbonyl (C=O) groups is 1. The maximum Gasteiger partial charge on any atom is 0.274 e. The minimum atomic E-state index is -0.277. The van der Waals surface area contributed by atoms with Gasteiger partial charge in [-0.1, -0.05) is 12.1 Å². The van der Waals surface area contributed by atoms with Crippen LogP contribution in [0.5, 0.6) is 5.75 Å². The second-order valence-corrected chi connectivity index (χ2v) is 6.78. The van der Waals surface area contributed by atoms with E-state index < -0.39 is 0 Å². The molecule has 7 heteroatoms. The molecule has 0 saturated carbocycles. The van der Waals surface area contributed by atoms with Gasteiger partial charge in [0.15, 0.2) is 0 Å². The highest BCUT2D eigenvalue weighted by Gasteiger charge is 2.11. The van der Waals surface area contributed by atoms with Crippen LogP contribution in [0.2, 0.25) is 0 Å². The summed E-state index contributed by atoms with van der Waals surface area (Å²) in [6.07, 6.45) is 0. The lowest BCUT2D eigenvalue weighted by Crippen LogP contribution is -2.16. The smallest absolute Gasteiger partial charge is 0.274 e. The zero-order valence-corrected chi connectivity index (χ0v) is 17.1. The van der Waals surface area contributed by atoms with E-state index in [-0.39, 0.29) is 5.91 Å². The zero-order chi connectivity index (χ0) is 20.8. The van der Waals surface area contributed by atoms with Crippen LogP contribution in [0.25, 0.3) is 0 Å². The van der Waals surface area contributed by atoms with Gasteiger partial charge < -0.3 is 20.3 Å². The van der Waals surface area contributed by atoms with Crippen LogP contribution in [0.15, 0.2) is 54.6 Å². The Morgan fingerprint density at radius 1 is 1.03 bits per heavy atom. The van der Waals surface area contributed by atoms with Gasteiger partial charge >= 0.3 is 0 Å². The topological polar surface area (TPSA) is 79.4 Å². The van der Waals surface area contributed by atoms with Crippen molar-refractivity contribution in [3.05, 3.63) is 71.7 Å². The standard InChI is InChI=1S/C22H25N5O2/c1-15-24-20(22(28)26-17-7-9-18(10-8-17)27(2)3)13-21(25-15)23-14-16-5-11-19(29-4)12-6-16/h5-13H,14H2,1-4H3,(H,26,28)(H,23,24,25). The molecule has 0 saturated heterocycles. The molecule has 1 aromatic heterocycles. The number of ether oxygens (including phenoxy) is 1. The quantitative estimate of drug-likeness (QED) is 0.639. The van der Waals surface area contributed by atoms with Crippen molar-refractivity contribution in [3.63, 3.8) is 0 Å². The summed E-state index contributed by atoms with van der Waals surface area (Å²) in [5.41, 5.74) is 3.16. The van der Waals surface area contributed by atoms with Gasteiger partial charge in [-0.15, -0.1) is 0 Å². The largest absolute Gasteiger partial charge is 0.497 e. The molecule has 0 atom stereocenters. The van der Waals surface area contributed by atoms with Gasteiger partial charge in [0.05, 0.1) is 7.11 Å². The lowest BCUT2D eigenvalue weighted by molar-refractivity contribution is 0.102. The fourth-order valence-corrected chi connectivity index (χ4v) is 2.75. The van der Waals surface area contributed by atoms with Gasteiger partial charge in [0.1, 0.15) is 23.1 Å². The summed E-state index contributed by atoms with van der Waals surface area (Å²) in [6, 6.07) is 17.0. The molecule has 3 aromatic rings. The number of carbonyl (C=O) groups excluding carboxylic acids is 1. The Labute approximate surface area is 170 Å². The number of methoxy groups -OCH3 is 1. The number of rotatable bonds is 7. The van der Waals surface area contributed by atoms with Crippen molar-refractivity contribution in [1.29, 1.82) is 0 Å². The van der Waals surface area contributed by atoms with Crippen LogP contribution < -0.4 is 20.3 Å². The number of amides is 1. The van der Waals surface area contributed by atoms with E-state index in [1.807, 2.05) is 67.5 Å². The number of benzene rings is 2. The molecule has 29 heavy (non-hydrogen) atoms. The third-order valence-corrected chi connectivity index (χ3v) is 4.34. The van der Waals surface area contributed by atoms with Gasteiger partial charge in [-0.05, 0) is 48.9 Å². The van der Waals surface area contributed by atoms with E-state index >= 15 is 0 Å². The fourth-order valence-electron chi connectivity index (χ4n) is 2.75. The van der Waals surface area contributed by atoms with Crippen molar-refractivity contribution >= 4 is 23.1 Å². The number of hydrogen-bond acceptors (Lipinski definition) is 6. The molecule has 2 N–H and O–H groups in total. The predicted molar refractivity (Wildman–Crippen MR) is 116 cm³/mol. The summed E-state index contributed by atoms with van der Waals surface area (Å²) in [4.78, 5) is 23.3. The molecular formula is C22H25N5O2. The van der Waals surface area contributed by atoms with E-state index in [9.17, 15) is 4.79 Å². The molecule has 0 fully saturated rings. The van der Waals surface area contributed by atoms with Gasteiger partial charge in [-0.2, -0.15) is 0 Å². The number of aryl methyl sites for hydroxylation is 1. The molecule has 150 valence electrons. The zero-order valence-electron chi connectivity index (χ0n) is 17.1. The average Bonchev–Trinajstić information content (AvgIpc) is 2.72. The van der Waals surface area contributed by atoms with E-state index in [4.69, 9.17) is 4.74 Å². The summed E-state index contributed by atoms with van der Waals surface area (Å²) in [6.45, 7) is 2.34. The molecule has 2 aromatic carbocycles. The number of anilines is 3. The Morgan fingerprint density at radius 2 is 1.72 bits per heavy atom.